The molecule has 0 spiro atoms. The van der Waals surface area contributed by atoms with Crippen LogP contribution in [-0.2, 0) is 4.79 Å². The molecule has 1 amide bonds. The molecule has 5 nitrogen and oxygen atoms in total. The van der Waals surface area contributed by atoms with E-state index in [4.69, 9.17) is 4.74 Å². The summed E-state index contributed by atoms with van der Waals surface area (Å²) >= 11 is 0. The lowest BCUT2D eigenvalue weighted by Crippen LogP contribution is -2.40. The van der Waals surface area contributed by atoms with Gasteiger partial charge in [-0.15, -0.1) is 0 Å². The summed E-state index contributed by atoms with van der Waals surface area (Å²) in [6.07, 6.45) is 4.39. The number of hydrogen-bond acceptors (Lipinski definition) is 3. The van der Waals surface area contributed by atoms with Crippen molar-refractivity contribution in [2.75, 3.05) is 19.7 Å². The number of benzene rings is 1. The monoisotopic (exact) mass is 344 g/mol. The Hall–Kier alpha value is -2.01. The fraction of sp³-hybridized carbons (Fsp3) is 0.550. The molecule has 1 aliphatic heterocycles. The van der Waals surface area contributed by atoms with E-state index in [-0.39, 0.29) is 12.0 Å². The van der Waals surface area contributed by atoms with Gasteiger partial charge in [0.2, 0.25) is 5.91 Å². The molecule has 1 saturated heterocycles. The summed E-state index contributed by atoms with van der Waals surface area (Å²) in [5.41, 5.74) is 2.35. The van der Waals surface area contributed by atoms with Gasteiger partial charge in [0.1, 0.15) is 5.75 Å². The number of aromatic amines is 1. The van der Waals surface area contributed by atoms with Crippen molar-refractivity contribution in [1.82, 2.24) is 9.88 Å². The third-order valence-corrected chi connectivity index (χ3v) is 4.93. The van der Waals surface area contributed by atoms with Crippen LogP contribution in [0.3, 0.4) is 0 Å². The molecule has 25 heavy (non-hydrogen) atoms. The summed E-state index contributed by atoms with van der Waals surface area (Å²) < 4.78 is 5.99. The highest BCUT2D eigenvalue weighted by atomic mass is 16.5. The third-order valence-electron chi connectivity index (χ3n) is 4.93. The van der Waals surface area contributed by atoms with Crippen molar-refractivity contribution in [2.24, 2.45) is 0 Å². The third kappa shape index (κ3) is 4.15. The van der Waals surface area contributed by atoms with Crippen molar-refractivity contribution in [2.45, 2.75) is 51.6 Å². The summed E-state index contributed by atoms with van der Waals surface area (Å²) in [5.74, 6) is 1.48. The number of carbonyl (C=O) groups is 1. The number of carbonyl (C=O) groups excluding carboxylic acids is 1. The van der Waals surface area contributed by atoms with E-state index in [1.54, 1.807) is 0 Å². The largest absolute Gasteiger partial charge is 0.493 e. The van der Waals surface area contributed by atoms with Crippen LogP contribution < -0.4 is 4.74 Å². The van der Waals surface area contributed by atoms with Gasteiger partial charge >= 0.3 is 0 Å². The van der Waals surface area contributed by atoms with E-state index in [9.17, 15) is 9.90 Å². The van der Waals surface area contributed by atoms with Crippen molar-refractivity contribution in [3.8, 4) is 5.75 Å². The number of aromatic nitrogens is 1. The second-order valence-corrected chi connectivity index (χ2v) is 7.14. The molecule has 5 heteroatoms. The van der Waals surface area contributed by atoms with E-state index in [0.717, 1.165) is 16.7 Å². The summed E-state index contributed by atoms with van der Waals surface area (Å²) in [6, 6.07) is 6.04. The molecular weight excluding hydrogens is 316 g/mol. The van der Waals surface area contributed by atoms with Crippen molar-refractivity contribution in [1.29, 1.82) is 0 Å². The first-order chi connectivity index (χ1) is 12.1. The molecule has 0 radical (unpaired) electrons. The average molecular weight is 344 g/mol. The molecule has 0 aliphatic carbocycles. The lowest BCUT2D eigenvalue weighted by molar-refractivity contribution is -0.133. The average Bonchev–Trinajstić information content (AvgIpc) is 3.04. The number of hydrogen-bond donors (Lipinski definition) is 2. The minimum Gasteiger partial charge on any atom is -0.493 e. The van der Waals surface area contributed by atoms with Crippen LogP contribution in [0.5, 0.6) is 5.75 Å². The van der Waals surface area contributed by atoms with E-state index in [1.807, 2.05) is 17.0 Å². The Morgan fingerprint density at radius 3 is 2.84 bits per heavy atom. The molecule has 136 valence electrons. The van der Waals surface area contributed by atoms with Crippen LogP contribution in [0, 0.1) is 0 Å². The second-order valence-electron chi connectivity index (χ2n) is 7.14. The normalized spacial score (nSPS) is 15.9. The molecule has 2 aromatic rings. The fourth-order valence-electron chi connectivity index (χ4n) is 3.43. The molecule has 0 bridgehead atoms. The van der Waals surface area contributed by atoms with Crippen LogP contribution in [0.1, 0.15) is 51.0 Å². The summed E-state index contributed by atoms with van der Waals surface area (Å²) in [4.78, 5) is 17.4. The highest BCUT2D eigenvalue weighted by Crippen LogP contribution is 2.33. The van der Waals surface area contributed by atoms with Crippen molar-refractivity contribution < 1.29 is 14.6 Å². The predicted octanol–water partition coefficient (Wildman–Crippen LogP) is 3.43. The lowest BCUT2D eigenvalue weighted by Gasteiger charge is -2.29. The highest BCUT2D eigenvalue weighted by Gasteiger charge is 2.20. The van der Waals surface area contributed by atoms with Crippen LogP contribution in [0.4, 0.5) is 0 Å². The predicted molar refractivity (Wildman–Crippen MR) is 98.9 cm³/mol. The zero-order valence-electron chi connectivity index (χ0n) is 15.1. The molecule has 1 aliphatic rings. The first-order valence-electron chi connectivity index (χ1n) is 9.25. The maximum absolute atomic E-state index is 12.2. The number of aliphatic hydroxyl groups excluding tert-OH is 1. The van der Waals surface area contributed by atoms with Gasteiger partial charge in [-0.05, 0) is 42.9 Å². The number of rotatable bonds is 6. The Labute approximate surface area is 149 Å². The molecule has 1 fully saturated rings. The number of amides is 1. The molecule has 1 aromatic heterocycles. The summed E-state index contributed by atoms with van der Waals surface area (Å²) in [5, 5.41) is 10.7. The number of likely N-dealkylation sites (tertiary alicyclic amines) is 1. The molecular formula is C20H28N2O3. The molecule has 0 saturated carbocycles. The topological polar surface area (TPSA) is 65.6 Å². The van der Waals surface area contributed by atoms with Gasteiger partial charge in [-0.2, -0.15) is 0 Å². The molecule has 2 heterocycles. The van der Waals surface area contributed by atoms with E-state index in [2.05, 4.69) is 31.1 Å². The van der Waals surface area contributed by atoms with Gasteiger partial charge in [0, 0.05) is 36.6 Å². The SMILES string of the molecule is CC(C)c1c[nH]c2cccc(OCCCC(=O)N3CCC(O)CC3)c12. The number of aliphatic hydroxyl groups is 1. The first-order valence-corrected chi connectivity index (χ1v) is 9.25. The Morgan fingerprint density at radius 2 is 2.12 bits per heavy atom. The fourth-order valence-corrected chi connectivity index (χ4v) is 3.43. The number of piperidine rings is 1. The van der Waals surface area contributed by atoms with Crippen LogP contribution in [0.2, 0.25) is 0 Å². The molecule has 0 atom stereocenters. The number of nitrogens with one attached hydrogen (secondary N) is 1. The number of H-pyrrole nitrogens is 1. The second kappa shape index (κ2) is 7.91. The minimum absolute atomic E-state index is 0.165. The zero-order valence-corrected chi connectivity index (χ0v) is 15.1. The smallest absolute Gasteiger partial charge is 0.222 e. The van der Waals surface area contributed by atoms with E-state index >= 15 is 0 Å². The number of nitrogens with zero attached hydrogens (tertiary/aromatic N) is 1. The van der Waals surface area contributed by atoms with Crippen LogP contribution in [-0.4, -0.2) is 46.7 Å². The van der Waals surface area contributed by atoms with Gasteiger partial charge in [0.15, 0.2) is 0 Å². The standard InChI is InChI=1S/C20H28N2O3/c1-14(2)16-13-21-17-5-3-6-18(20(16)17)25-12-4-7-19(24)22-10-8-15(23)9-11-22/h3,5-6,13-15,21,23H,4,7-12H2,1-2H3. The number of ether oxygens (including phenoxy) is 1. The van der Waals surface area contributed by atoms with Gasteiger partial charge in [-0.25, -0.2) is 0 Å². The highest BCUT2D eigenvalue weighted by molar-refractivity contribution is 5.89. The Balaban J connectivity index is 1.53. The first kappa shape index (κ1) is 17.8. The van der Waals surface area contributed by atoms with Crippen LogP contribution >= 0.6 is 0 Å². The quantitative estimate of drug-likeness (QED) is 0.789. The maximum atomic E-state index is 12.2. The van der Waals surface area contributed by atoms with Crippen molar-refractivity contribution in [3.05, 3.63) is 30.0 Å². The van der Waals surface area contributed by atoms with E-state index < -0.39 is 0 Å². The van der Waals surface area contributed by atoms with E-state index in [0.29, 0.717) is 51.3 Å². The Bertz CT molecular complexity index is 715. The summed E-state index contributed by atoms with van der Waals surface area (Å²) in [6.45, 7) is 6.22. The van der Waals surface area contributed by atoms with Crippen molar-refractivity contribution >= 4 is 16.8 Å². The number of fused-ring (bicyclic) bond motifs is 1. The Morgan fingerprint density at radius 1 is 1.36 bits per heavy atom. The van der Waals surface area contributed by atoms with Crippen LogP contribution in [0.15, 0.2) is 24.4 Å². The molecule has 3 rings (SSSR count). The maximum Gasteiger partial charge on any atom is 0.222 e. The van der Waals surface area contributed by atoms with Crippen molar-refractivity contribution in [3.63, 3.8) is 0 Å². The minimum atomic E-state index is -0.246. The molecule has 2 N–H and O–H groups in total. The van der Waals surface area contributed by atoms with Gasteiger partial charge in [0.25, 0.3) is 0 Å². The van der Waals surface area contributed by atoms with E-state index in [1.165, 1.54) is 5.56 Å². The Kier molecular flexibility index (Phi) is 5.63. The van der Waals surface area contributed by atoms with Gasteiger partial charge in [-0.3, -0.25) is 4.79 Å². The van der Waals surface area contributed by atoms with Gasteiger partial charge in [-0.1, -0.05) is 19.9 Å². The van der Waals surface area contributed by atoms with Gasteiger partial charge < -0.3 is 19.7 Å². The molecule has 1 aromatic carbocycles. The van der Waals surface area contributed by atoms with Crippen LogP contribution in [0.25, 0.3) is 10.9 Å². The lowest BCUT2D eigenvalue weighted by atomic mass is 10.0. The summed E-state index contributed by atoms with van der Waals surface area (Å²) in [7, 11) is 0. The van der Waals surface area contributed by atoms with Gasteiger partial charge in [0.05, 0.1) is 12.7 Å². The zero-order chi connectivity index (χ0) is 17.8. The molecule has 0 unspecified atom stereocenters.